The minimum Gasteiger partial charge on any atom is -0.496 e. The molecular formula is C18H23NO2. The number of hydrogen-bond acceptors (Lipinski definition) is 3. The number of methoxy groups -OCH3 is 1. The van der Waals surface area contributed by atoms with E-state index in [1.165, 1.54) is 11.1 Å². The van der Waals surface area contributed by atoms with Gasteiger partial charge in [0.05, 0.1) is 13.7 Å². The van der Waals surface area contributed by atoms with Crippen molar-refractivity contribution >= 4 is 0 Å². The highest BCUT2D eigenvalue weighted by Gasteiger charge is 2.02. The number of ether oxygens (including phenoxy) is 2. The molecule has 2 aromatic carbocycles. The molecule has 3 nitrogen and oxygen atoms in total. The minimum absolute atomic E-state index is 0.724. The molecule has 0 unspecified atom stereocenters. The molecule has 0 amide bonds. The Hall–Kier alpha value is -2.00. The summed E-state index contributed by atoms with van der Waals surface area (Å²) in [5, 5.41) is 3.43. The predicted octanol–water partition coefficient (Wildman–Crippen LogP) is 3.56. The van der Waals surface area contributed by atoms with Gasteiger partial charge in [0.25, 0.3) is 0 Å². The van der Waals surface area contributed by atoms with Crippen LogP contribution in [-0.2, 0) is 6.54 Å². The first-order chi connectivity index (χ1) is 10.3. The lowest BCUT2D eigenvalue weighted by Gasteiger charge is -2.11. The largest absolute Gasteiger partial charge is 0.496 e. The van der Waals surface area contributed by atoms with Crippen LogP contribution in [0.3, 0.4) is 0 Å². The zero-order valence-corrected chi connectivity index (χ0v) is 12.8. The molecule has 1 N–H and O–H groups in total. The van der Waals surface area contributed by atoms with Crippen molar-refractivity contribution in [3.63, 3.8) is 0 Å². The summed E-state index contributed by atoms with van der Waals surface area (Å²) in [7, 11) is 1.71. The van der Waals surface area contributed by atoms with E-state index in [0.717, 1.165) is 37.6 Å². The Kier molecular flexibility index (Phi) is 6.10. The molecule has 0 aliphatic heterocycles. The number of hydrogen-bond donors (Lipinski definition) is 1. The van der Waals surface area contributed by atoms with Gasteiger partial charge < -0.3 is 14.8 Å². The van der Waals surface area contributed by atoms with E-state index >= 15 is 0 Å². The van der Waals surface area contributed by atoms with E-state index in [0.29, 0.717) is 0 Å². The average Bonchev–Trinajstić information content (AvgIpc) is 2.52. The summed E-state index contributed by atoms with van der Waals surface area (Å²) in [6.45, 7) is 4.55. The fourth-order valence-electron chi connectivity index (χ4n) is 2.17. The highest BCUT2D eigenvalue weighted by atomic mass is 16.5. The lowest BCUT2D eigenvalue weighted by Crippen LogP contribution is -2.17. The molecule has 0 spiro atoms. The van der Waals surface area contributed by atoms with E-state index in [2.05, 4.69) is 24.4 Å². The number of aryl methyl sites for hydroxylation is 1. The third-order valence-corrected chi connectivity index (χ3v) is 3.26. The summed E-state index contributed by atoms with van der Waals surface area (Å²) in [6.07, 6.45) is 0.975. The van der Waals surface area contributed by atoms with Gasteiger partial charge in [0.2, 0.25) is 0 Å². The Balaban J connectivity index is 1.67. The SMILES string of the molecule is COc1ccc(C)cc1CNCCCOc1ccccc1. The minimum atomic E-state index is 0.724. The van der Waals surface area contributed by atoms with Gasteiger partial charge in [0.15, 0.2) is 0 Å². The molecule has 2 aromatic rings. The van der Waals surface area contributed by atoms with Crippen molar-refractivity contribution in [2.45, 2.75) is 19.9 Å². The molecule has 2 rings (SSSR count). The zero-order chi connectivity index (χ0) is 14.9. The van der Waals surface area contributed by atoms with Crippen molar-refractivity contribution in [1.29, 1.82) is 0 Å². The Labute approximate surface area is 126 Å². The number of nitrogens with one attached hydrogen (secondary N) is 1. The lowest BCUT2D eigenvalue weighted by molar-refractivity contribution is 0.308. The summed E-state index contributed by atoms with van der Waals surface area (Å²) >= 11 is 0. The van der Waals surface area contributed by atoms with Crippen LogP contribution in [0.25, 0.3) is 0 Å². The lowest BCUT2D eigenvalue weighted by atomic mass is 10.1. The van der Waals surface area contributed by atoms with E-state index in [-0.39, 0.29) is 0 Å². The van der Waals surface area contributed by atoms with Gasteiger partial charge in [-0.15, -0.1) is 0 Å². The second-order valence-corrected chi connectivity index (χ2v) is 5.01. The summed E-state index contributed by atoms with van der Waals surface area (Å²) in [5.41, 5.74) is 2.45. The third-order valence-electron chi connectivity index (χ3n) is 3.26. The molecule has 0 fully saturated rings. The third kappa shape index (κ3) is 5.12. The highest BCUT2D eigenvalue weighted by Crippen LogP contribution is 2.19. The van der Waals surface area contributed by atoms with Gasteiger partial charge in [-0.05, 0) is 38.1 Å². The fraction of sp³-hybridized carbons (Fsp3) is 0.333. The molecular weight excluding hydrogens is 262 g/mol. The van der Waals surface area contributed by atoms with Gasteiger partial charge in [-0.25, -0.2) is 0 Å². The van der Waals surface area contributed by atoms with Crippen LogP contribution in [0.2, 0.25) is 0 Å². The van der Waals surface area contributed by atoms with E-state index in [4.69, 9.17) is 9.47 Å². The second kappa shape index (κ2) is 8.32. The highest BCUT2D eigenvalue weighted by molar-refractivity contribution is 5.36. The quantitative estimate of drug-likeness (QED) is 0.752. The van der Waals surface area contributed by atoms with Crippen molar-refractivity contribution in [2.75, 3.05) is 20.3 Å². The molecule has 0 saturated carbocycles. The van der Waals surface area contributed by atoms with Crippen molar-refractivity contribution in [3.8, 4) is 11.5 Å². The molecule has 0 aliphatic carbocycles. The Bertz CT molecular complexity index is 540. The first-order valence-corrected chi connectivity index (χ1v) is 7.31. The fourth-order valence-corrected chi connectivity index (χ4v) is 2.17. The standard InChI is InChI=1S/C18H23NO2/c1-15-9-10-18(20-2)16(13-15)14-19-11-6-12-21-17-7-4-3-5-8-17/h3-5,7-10,13,19H,6,11-12,14H2,1-2H3. The molecule has 21 heavy (non-hydrogen) atoms. The molecule has 0 aliphatic rings. The maximum absolute atomic E-state index is 5.66. The van der Waals surface area contributed by atoms with Crippen molar-refractivity contribution < 1.29 is 9.47 Å². The summed E-state index contributed by atoms with van der Waals surface area (Å²) in [4.78, 5) is 0. The van der Waals surface area contributed by atoms with Crippen molar-refractivity contribution in [3.05, 3.63) is 59.7 Å². The smallest absolute Gasteiger partial charge is 0.123 e. The number of benzene rings is 2. The topological polar surface area (TPSA) is 30.5 Å². The summed E-state index contributed by atoms with van der Waals surface area (Å²) in [6, 6.07) is 16.2. The van der Waals surface area contributed by atoms with Crippen LogP contribution in [0.1, 0.15) is 17.5 Å². The van der Waals surface area contributed by atoms with Gasteiger partial charge >= 0.3 is 0 Å². The maximum Gasteiger partial charge on any atom is 0.123 e. The first kappa shape index (κ1) is 15.4. The zero-order valence-electron chi connectivity index (χ0n) is 12.8. The van der Waals surface area contributed by atoms with Gasteiger partial charge in [-0.1, -0.05) is 35.9 Å². The average molecular weight is 285 g/mol. The number of rotatable bonds is 8. The van der Waals surface area contributed by atoms with Crippen LogP contribution in [0.4, 0.5) is 0 Å². The molecule has 0 bridgehead atoms. The number of para-hydroxylation sites is 1. The van der Waals surface area contributed by atoms with Crippen LogP contribution >= 0.6 is 0 Å². The molecule has 0 aromatic heterocycles. The Morgan fingerprint density at radius 2 is 1.86 bits per heavy atom. The Morgan fingerprint density at radius 1 is 1.05 bits per heavy atom. The Morgan fingerprint density at radius 3 is 2.62 bits per heavy atom. The second-order valence-electron chi connectivity index (χ2n) is 5.01. The molecule has 112 valence electrons. The molecule has 0 radical (unpaired) electrons. The molecule has 3 heteroatoms. The molecule has 0 saturated heterocycles. The first-order valence-electron chi connectivity index (χ1n) is 7.31. The van der Waals surface area contributed by atoms with E-state index in [1.54, 1.807) is 7.11 Å². The monoisotopic (exact) mass is 285 g/mol. The van der Waals surface area contributed by atoms with Crippen molar-refractivity contribution in [1.82, 2.24) is 5.32 Å². The van der Waals surface area contributed by atoms with Crippen LogP contribution < -0.4 is 14.8 Å². The van der Waals surface area contributed by atoms with Gasteiger partial charge in [-0.2, -0.15) is 0 Å². The van der Waals surface area contributed by atoms with Crippen LogP contribution in [0.5, 0.6) is 11.5 Å². The van der Waals surface area contributed by atoms with Crippen molar-refractivity contribution in [2.24, 2.45) is 0 Å². The van der Waals surface area contributed by atoms with Gasteiger partial charge in [-0.3, -0.25) is 0 Å². The van der Waals surface area contributed by atoms with E-state index < -0.39 is 0 Å². The van der Waals surface area contributed by atoms with E-state index in [9.17, 15) is 0 Å². The normalized spacial score (nSPS) is 10.4. The molecule has 0 heterocycles. The van der Waals surface area contributed by atoms with Crippen LogP contribution in [0.15, 0.2) is 48.5 Å². The predicted molar refractivity (Wildman–Crippen MR) is 86.0 cm³/mol. The van der Waals surface area contributed by atoms with E-state index in [1.807, 2.05) is 36.4 Å². The molecule has 0 atom stereocenters. The van der Waals surface area contributed by atoms with Gasteiger partial charge in [0, 0.05) is 12.1 Å². The maximum atomic E-state index is 5.66. The van der Waals surface area contributed by atoms with Gasteiger partial charge in [0.1, 0.15) is 11.5 Å². The van der Waals surface area contributed by atoms with Crippen LogP contribution in [0, 0.1) is 6.92 Å². The summed E-state index contributed by atoms with van der Waals surface area (Å²) < 4.78 is 11.0. The van der Waals surface area contributed by atoms with Crippen LogP contribution in [-0.4, -0.2) is 20.3 Å². The summed E-state index contributed by atoms with van der Waals surface area (Å²) in [5.74, 6) is 1.87.